The number of aryl methyl sites for hydroxylation is 2. The van der Waals surface area contributed by atoms with Crippen LogP contribution in [0.3, 0.4) is 0 Å². The number of aromatic nitrogens is 3. The molecular weight excluding hydrogens is 428 g/mol. The highest BCUT2D eigenvalue weighted by atomic mass is 32.1. The van der Waals surface area contributed by atoms with E-state index in [1.54, 1.807) is 11.3 Å². The fourth-order valence-electron chi connectivity index (χ4n) is 4.12. The molecule has 3 aromatic rings. The van der Waals surface area contributed by atoms with Crippen molar-refractivity contribution in [3.63, 3.8) is 0 Å². The van der Waals surface area contributed by atoms with Crippen LogP contribution in [-0.4, -0.2) is 62.3 Å². The monoisotopic (exact) mass is 454 g/mol. The van der Waals surface area contributed by atoms with Gasteiger partial charge in [-0.2, -0.15) is 0 Å². The van der Waals surface area contributed by atoms with Crippen molar-refractivity contribution >= 4 is 35.6 Å². The molecule has 0 amide bonds. The predicted octanol–water partition coefficient (Wildman–Crippen LogP) is 3.19. The molecule has 162 valence electrons. The number of thiazole rings is 1. The van der Waals surface area contributed by atoms with Crippen LogP contribution in [-0.2, 0) is 19.4 Å². The molecule has 2 aliphatic rings. The second kappa shape index (κ2) is 8.84. The molecule has 31 heavy (non-hydrogen) atoms. The number of nitrogens with zero attached hydrogens (tertiary/aromatic N) is 5. The molecule has 9 heteroatoms. The minimum Gasteiger partial charge on any atom is -0.379 e. The van der Waals surface area contributed by atoms with Gasteiger partial charge in [0, 0.05) is 47.8 Å². The summed E-state index contributed by atoms with van der Waals surface area (Å²) in [6.07, 6.45) is 3.49. The highest BCUT2D eigenvalue weighted by Crippen LogP contribution is 2.36. The maximum absolute atomic E-state index is 9.76. The van der Waals surface area contributed by atoms with E-state index >= 15 is 0 Å². The van der Waals surface area contributed by atoms with E-state index in [9.17, 15) is 5.11 Å². The van der Waals surface area contributed by atoms with Gasteiger partial charge in [0.2, 0.25) is 5.95 Å². The Labute approximate surface area is 191 Å². The molecule has 1 atom stereocenters. The lowest BCUT2D eigenvalue weighted by molar-refractivity contribution is -0.0141. The number of thiol groups is 1. The van der Waals surface area contributed by atoms with Gasteiger partial charge in [-0.3, -0.25) is 9.80 Å². The van der Waals surface area contributed by atoms with E-state index in [2.05, 4.69) is 32.7 Å². The fourth-order valence-corrected chi connectivity index (χ4v) is 5.46. The summed E-state index contributed by atoms with van der Waals surface area (Å²) >= 11 is 6.21. The summed E-state index contributed by atoms with van der Waals surface area (Å²) in [5.74, 6) is 0.578. The second-order valence-corrected chi connectivity index (χ2v) is 9.75. The molecule has 0 radical (unpaired) electrons. The van der Waals surface area contributed by atoms with Crippen LogP contribution in [0.1, 0.15) is 22.4 Å². The van der Waals surface area contributed by atoms with Crippen molar-refractivity contribution < 1.29 is 5.11 Å². The first-order chi connectivity index (χ1) is 15.0. The zero-order valence-corrected chi connectivity index (χ0v) is 19.2. The molecule has 1 unspecified atom stereocenters. The third-order valence-corrected chi connectivity index (χ3v) is 7.23. The Morgan fingerprint density at radius 1 is 1.16 bits per heavy atom. The second-order valence-electron chi connectivity index (χ2n) is 8.07. The lowest BCUT2D eigenvalue weighted by atomic mass is 10.00. The Hall–Kier alpha value is -2.04. The molecule has 7 nitrogen and oxygen atoms in total. The van der Waals surface area contributed by atoms with E-state index in [-0.39, 0.29) is 6.23 Å². The lowest BCUT2D eigenvalue weighted by Crippen LogP contribution is -2.49. The molecule has 0 saturated carbocycles. The SMILES string of the molecule is CC(O)N1CCN(Cc2nc3c(s2)CCc2cnc(Nc4cccc(S)c4)nc2-3)CC1. The minimum atomic E-state index is -0.372. The number of hydrogen-bond acceptors (Lipinski definition) is 9. The summed E-state index contributed by atoms with van der Waals surface area (Å²) in [6, 6.07) is 7.83. The summed E-state index contributed by atoms with van der Waals surface area (Å²) in [6.45, 7) is 6.37. The number of nitrogens with one attached hydrogen (secondary N) is 1. The first-order valence-corrected chi connectivity index (χ1v) is 11.9. The highest BCUT2D eigenvalue weighted by molar-refractivity contribution is 7.80. The number of fused-ring (bicyclic) bond motifs is 3. The van der Waals surface area contributed by atoms with Crippen LogP contribution in [0.4, 0.5) is 11.6 Å². The van der Waals surface area contributed by atoms with E-state index in [0.29, 0.717) is 5.95 Å². The average molecular weight is 455 g/mol. The van der Waals surface area contributed by atoms with E-state index in [0.717, 1.165) is 78.1 Å². The molecule has 0 spiro atoms. The summed E-state index contributed by atoms with van der Waals surface area (Å²) < 4.78 is 0. The normalized spacial score (nSPS) is 17.8. The zero-order valence-electron chi connectivity index (χ0n) is 17.5. The molecule has 1 aliphatic heterocycles. The largest absolute Gasteiger partial charge is 0.379 e. The standard InChI is InChI=1S/C22H26N6OS2/c1-14(29)28-9-7-27(8-10-28)13-19-25-21-18(31-19)6-5-15-12-23-22(26-20(15)21)24-16-3-2-4-17(30)11-16/h2-4,11-12,14,29-30H,5-10,13H2,1H3,(H,23,24,26). The Morgan fingerprint density at radius 2 is 2.00 bits per heavy atom. The highest BCUT2D eigenvalue weighted by Gasteiger charge is 2.25. The van der Waals surface area contributed by atoms with Gasteiger partial charge in [-0.05, 0) is 43.5 Å². The van der Waals surface area contributed by atoms with Gasteiger partial charge < -0.3 is 10.4 Å². The Kier molecular flexibility index (Phi) is 5.94. The molecule has 2 aromatic heterocycles. The number of rotatable bonds is 5. The van der Waals surface area contributed by atoms with E-state index in [4.69, 9.17) is 9.97 Å². The van der Waals surface area contributed by atoms with Crippen molar-refractivity contribution in [3.8, 4) is 11.4 Å². The van der Waals surface area contributed by atoms with Gasteiger partial charge in [0.25, 0.3) is 0 Å². The zero-order chi connectivity index (χ0) is 21.4. The third-order valence-electron chi connectivity index (χ3n) is 5.85. The molecule has 2 N–H and O–H groups in total. The van der Waals surface area contributed by atoms with Gasteiger partial charge in [0.15, 0.2) is 0 Å². The number of hydrogen-bond donors (Lipinski definition) is 3. The predicted molar refractivity (Wildman–Crippen MR) is 126 cm³/mol. The van der Waals surface area contributed by atoms with Gasteiger partial charge in [0.1, 0.15) is 16.9 Å². The number of piperazine rings is 1. The van der Waals surface area contributed by atoms with Crippen molar-refractivity contribution in [1.29, 1.82) is 0 Å². The molecule has 5 rings (SSSR count). The van der Waals surface area contributed by atoms with Crippen LogP contribution in [0.5, 0.6) is 0 Å². The topological polar surface area (TPSA) is 77.4 Å². The number of aliphatic hydroxyl groups is 1. The first kappa shape index (κ1) is 20.8. The van der Waals surface area contributed by atoms with Crippen molar-refractivity contribution in [2.24, 2.45) is 0 Å². The van der Waals surface area contributed by atoms with E-state index < -0.39 is 0 Å². The number of anilines is 2. The van der Waals surface area contributed by atoms with Crippen LogP contribution in [0, 0.1) is 0 Å². The molecule has 1 aliphatic carbocycles. The maximum Gasteiger partial charge on any atom is 0.227 e. The smallest absolute Gasteiger partial charge is 0.227 e. The summed E-state index contributed by atoms with van der Waals surface area (Å²) in [7, 11) is 0. The Bertz CT molecular complexity index is 1080. The molecule has 0 bridgehead atoms. The van der Waals surface area contributed by atoms with Crippen molar-refractivity contribution in [2.45, 2.75) is 37.4 Å². The molecular formula is C22H26N6OS2. The van der Waals surface area contributed by atoms with Crippen LogP contribution >= 0.6 is 24.0 Å². The van der Waals surface area contributed by atoms with Gasteiger partial charge in [-0.15, -0.1) is 24.0 Å². The Morgan fingerprint density at radius 3 is 2.77 bits per heavy atom. The molecule has 1 saturated heterocycles. The average Bonchev–Trinajstić information content (AvgIpc) is 3.17. The van der Waals surface area contributed by atoms with Crippen LogP contribution < -0.4 is 5.32 Å². The summed E-state index contributed by atoms with van der Waals surface area (Å²) in [5.41, 5.74) is 4.03. The Balaban J connectivity index is 1.33. The molecule has 1 aromatic carbocycles. The molecule has 1 fully saturated rings. The van der Waals surface area contributed by atoms with Crippen LogP contribution in [0.2, 0.25) is 0 Å². The van der Waals surface area contributed by atoms with Gasteiger partial charge in [-0.1, -0.05) is 6.07 Å². The van der Waals surface area contributed by atoms with Crippen LogP contribution in [0.15, 0.2) is 35.4 Å². The summed E-state index contributed by atoms with van der Waals surface area (Å²) in [4.78, 5) is 21.0. The third kappa shape index (κ3) is 4.61. The number of aliphatic hydroxyl groups excluding tert-OH is 1. The summed E-state index contributed by atoms with van der Waals surface area (Å²) in [5, 5.41) is 14.2. The molecule has 3 heterocycles. The van der Waals surface area contributed by atoms with Crippen molar-refractivity contribution in [2.75, 3.05) is 31.5 Å². The van der Waals surface area contributed by atoms with Gasteiger partial charge in [-0.25, -0.2) is 15.0 Å². The van der Waals surface area contributed by atoms with Crippen LogP contribution in [0.25, 0.3) is 11.4 Å². The number of benzene rings is 1. The van der Waals surface area contributed by atoms with Gasteiger partial charge in [0.05, 0.1) is 12.2 Å². The van der Waals surface area contributed by atoms with E-state index in [1.165, 1.54) is 4.88 Å². The quantitative estimate of drug-likeness (QED) is 0.511. The van der Waals surface area contributed by atoms with E-state index in [1.807, 2.05) is 37.4 Å². The maximum atomic E-state index is 9.76. The van der Waals surface area contributed by atoms with Crippen molar-refractivity contribution in [1.82, 2.24) is 24.8 Å². The van der Waals surface area contributed by atoms with Gasteiger partial charge >= 0.3 is 0 Å². The minimum absolute atomic E-state index is 0.372. The van der Waals surface area contributed by atoms with Crippen molar-refractivity contribution in [3.05, 3.63) is 45.9 Å². The fraction of sp³-hybridized carbons (Fsp3) is 0.409. The lowest BCUT2D eigenvalue weighted by Gasteiger charge is -2.35. The first-order valence-electron chi connectivity index (χ1n) is 10.6.